The number of benzene rings is 4. The van der Waals surface area contributed by atoms with Crippen molar-refractivity contribution in [2.24, 2.45) is 0 Å². The Morgan fingerprint density at radius 1 is 0.474 bits per heavy atom. The Labute approximate surface area is 219 Å². The molecule has 0 unspecified atom stereocenters. The van der Waals surface area contributed by atoms with E-state index in [-0.39, 0.29) is 0 Å². The standard InChI is InChI=1S/C34H21N3O/c1-2-8-21(9-3-1)23-19-30-28-15-6-14-27-26-13-5-12-25(33(26)37-34(27)28)22-10-4-11-24(18-22)38-32-17-7-16-29(36-32)31(20-23)35-30/h1-20,37H. The summed E-state index contributed by atoms with van der Waals surface area (Å²) in [6.45, 7) is 0. The van der Waals surface area contributed by atoms with Crippen LogP contribution in [0.25, 0.3) is 66.7 Å². The van der Waals surface area contributed by atoms with Gasteiger partial charge in [0.1, 0.15) is 5.75 Å². The van der Waals surface area contributed by atoms with E-state index in [1.165, 1.54) is 10.8 Å². The quantitative estimate of drug-likeness (QED) is 0.251. The second kappa shape index (κ2) is 8.15. The van der Waals surface area contributed by atoms with Gasteiger partial charge in [0, 0.05) is 28.0 Å². The van der Waals surface area contributed by atoms with E-state index >= 15 is 0 Å². The van der Waals surface area contributed by atoms with Crippen LogP contribution in [0.5, 0.6) is 11.6 Å². The van der Waals surface area contributed by atoms with Gasteiger partial charge in [-0.3, -0.25) is 0 Å². The van der Waals surface area contributed by atoms with Gasteiger partial charge >= 0.3 is 0 Å². The number of H-pyrrole nitrogens is 1. The van der Waals surface area contributed by atoms with Gasteiger partial charge in [-0.1, -0.05) is 84.9 Å². The van der Waals surface area contributed by atoms with Crippen LogP contribution in [0.15, 0.2) is 121 Å². The van der Waals surface area contributed by atoms with Gasteiger partial charge in [0.2, 0.25) is 5.88 Å². The topological polar surface area (TPSA) is 50.8 Å². The predicted molar refractivity (Wildman–Crippen MR) is 153 cm³/mol. The summed E-state index contributed by atoms with van der Waals surface area (Å²) in [7, 11) is 0. The number of aromatic amines is 1. The molecule has 0 aliphatic carbocycles. The number of aromatic nitrogens is 3. The van der Waals surface area contributed by atoms with Gasteiger partial charge in [0.25, 0.3) is 0 Å². The molecule has 8 rings (SSSR count). The molecule has 0 saturated heterocycles. The Bertz CT molecular complexity index is 2010. The SMILES string of the molecule is c1ccc(-c2cc3nc(c2)-c2cccc4c2[nH]c2c(cccc24)-c2cccc(c2)Oc2cccc-3n2)cc1. The normalized spacial score (nSPS) is 11.9. The van der Waals surface area contributed by atoms with Crippen LogP contribution in [-0.4, -0.2) is 15.0 Å². The number of para-hydroxylation sites is 2. The van der Waals surface area contributed by atoms with E-state index in [4.69, 9.17) is 14.7 Å². The minimum absolute atomic E-state index is 0.532. The van der Waals surface area contributed by atoms with E-state index in [2.05, 4.69) is 89.9 Å². The minimum atomic E-state index is 0.532. The minimum Gasteiger partial charge on any atom is -0.439 e. The summed E-state index contributed by atoms with van der Waals surface area (Å²) in [6, 6.07) is 41.6. The van der Waals surface area contributed by atoms with Crippen LogP contribution in [0.1, 0.15) is 0 Å². The second-order valence-corrected chi connectivity index (χ2v) is 9.56. The van der Waals surface area contributed by atoms with Gasteiger partial charge in [-0.25, -0.2) is 9.97 Å². The highest BCUT2D eigenvalue weighted by Gasteiger charge is 2.17. The van der Waals surface area contributed by atoms with E-state index < -0.39 is 0 Å². The summed E-state index contributed by atoms with van der Waals surface area (Å²) in [6.07, 6.45) is 0. The molecule has 0 fully saturated rings. The van der Waals surface area contributed by atoms with E-state index in [1.54, 1.807) is 0 Å². The molecule has 4 heteroatoms. The zero-order valence-corrected chi connectivity index (χ0v) is 20.3. The first-order valence-electron chi connectivity index (χ1n) is 12.7. The smallest absolute Gasteiger partial charge is 0.219 e. The lowest BCUT2D eigenvalue weighted by Crippen LogP contribution is -1.95. The summed E-state index contributed by atoms with van der Waals surface area (Å²) in [5.74, 6) is 1.27. The molecule has 0 atom stereocenters. The van der Waals surface area contributed by atoms with Crippen LogP contribution < -0.4 is 4.74 Å². The highest BCUT2D eigenvalue weighted by atomic mass is 16.5. The Morgan fingerprint density at radius 2 is 1.18 bits per heavy atom. The van der Waals surface area contributed by atoms with Crippen LogP contribution in [0.4, 0.5) is 0 Å². The summed E-state index contributed by atoms with van der Waals surface area (Å²) in [5, 5.41) is 2.36. The largest absolute Gasteiger partial charge is 0.439 e. The molecular weight excluding hydrogens is 466 g/mol. The maximum Gasteiger partial charge on any atom is 0.219 e. The maximum absolute atomic E-state index is 6.26. The first-order valence-corrected chi connectivity index (χ1v) is 12.7. The summed E-state index contributed by atoms with van der Waals surface area (Å²) >= 11 is 0. The summed E-state index contributed by atoms with van der Waals surface area (Å²) in [4.78, 5) is 13.8. The Morgan fingerprint density at radius 3 is 2.05 bits per heavy atom. The van der Waals surface area contributed by atoms with Gasteiger partial charge < -0.3 is 9.72 Å². The average molecular weight is 488 g/mol. The molecule has 4 heterocycles. The number of nitrogens with zero attached hydrogens (tertiary/aromatic N) is 2. The molecule has 1 N–H and O–H groups in total. The van der Waals surface area contributed by atoms with Crippen molar-refractivity contribution >= 4 is 21.8 Å². The molecule has 178 valence electrons. The lowest BCUT2D eigenvalue weighted by Gasteiger charge is -2.12. The third-order valence-electron chi connectivity index (χ3n) is 7.23. The van der Waals surface area contributed by atoms with Crippen molar-refractivity contribution < 1.29 is 4.74 Å². The molecule has 1 aliphatic rings. The fourth-order valence-corrected chi connectivity index (χ4v) is 5.46. The number of rotatable bonds is 1. The van der Waals surface area contributed by atoms with Crippen molar-refractivity contribution in [1.29, 1.82) is 0 Å². The molecule has 1 aliphatic heterocycles. The number of ether oxygens (including phenoxy) is 1. The first kappa shape index (κ1) is 20.9. The number of pyridine rings is 2. The molecule has 0 radical (unpaired) electrons. The third-order valence-corrected chi connectivity index (χ3v) is 7.23. The maximum atomic E-state index is 6.26. The molecule has 4 nitrogen and oxygen atoms in total. The van der Waals surface area contributed by atoms with Crippen LogP contribution >= 0.6 is 0 Å². The Kier molecular flexibility index (Phi) is 4.49. The number of hydrogen-bond acceptors (Lipinski definition) is 3. The second-order valence-electron chi connectivity index (χ2n) is 9.56. The average Bonchev–Trinajstić information content (AvgIpc) is 3.36. The summed E-state index contributed by atoms with van der Waals surface area (Å²) < 4.78 is 6.26. The molecule has 7 aromatic rings. The van der Waals surface area contributed by atoms with E-state index in [9.17, 15) is 0 Å². The van der Waals surface area contributed by atoms with E-state index in [0.29, 0.717) is 5.88 Å². The molecule has 0 spiro atoms. The monoisotopic (exact) mass is 487 g/mol. The van der Waals surface area contributed by atoms with Crippen LogP contribution in [0, 0.1) is 0 Å². The molecule has 3 aromatic heterocycles. The van der Waals surface area contributed by atoms with Crippen molar-refractivity contribution in [1.82, 2.24) is 15.0 Å². The highest BCUT2D eigenvalue weighted by molar-refractivity contribution is 6.15. The van der Waals surface area contributed by atoms with Gasteiger partial charge in [0.05, 0.1) is 28.1 Å². The molecule has 8 bridgehead atoms. The molecule has 0 amide bonds. The molecule has 4 aromatic carbocycles. The van der Waals surface area contributed by atoms with Crippen molar-refractivity contribution in [3.8, 4) is 56.5 Å². The fraction of sp³-hybridized carbons (Fsp3) is 0. The third kappa shape index (κ3) is 3.31. The zero-order valence-electron chi connectivity index (χ0n) is 20.3. The van der Waals surface area contributed by atoms with Crippen LogP contribution in [0.3, 0.4) is 0 Å². The number of fused-ring (bicyclic) bond motifs is 10. The van der Waals surface area contributed by atoms with Crippen molar-refractivity contribution in [2.45, 2.75) is 0 Å². The van der Waals surface area contributed by atoms with Gasteiger partial charge in [-0.05, 0) is 47.0 Å². The lowest BCUT2D eigenvalue weighted by molar-refractivity contribution is 0.464. The van der Waals surface area contributed by atoms with Gasteiger partial charge in [0.15, 0.2) is 0 Å². The molecular formula is C34H21N3O. The van der Waals surface area contributed by atoms with Gasteiger partial charge in [-0.15, -0.1) is 0 Å². The van der Waals surface area contributed by atoms with Crippen LogP contribution in [-0.2, 0) is 0 Å². The highest BCUT2D eigenvalue weighted by Crippen LogP contribution is 2.39. The van der Waals surface area contributed by atoms with E-state index in [1.807, 2.05) is 36.4 Å². The van der Waals surface area contributed by atoms with Crippen LogP contribution in [0.2, 0.25) is 0 Å². The lowest BCUT2D eigenvalue weighted by atomic mass is 9.99. The predicted octanol–water partition coefficient (Wildman–Crippen LogP) is 8.88. The first-order chi connectivity index (χ1) is 18.8. The number of hydrogen-bond donors (Lipinski definition) is 1. The summed E-state index contributed by atoms with van der Waals surface area (Å²) in [5.41, 5.74) is 10.1. The van der Waals surface area contributed by atoms with Crippen molar-refractivity contribution in [2.75, 3.05) is 0 Å². The van der Waals surface area contributed by atoms with Crippen molar-refractivity contribution in [3.63, 3.8) is 0 Å². The van der Waals surface area contributed by atoms with E-state index in [0.717, 1.165) is 61.7 Å². The Hall–Kier alpha value is -5.22. The fourth-order valence-electron chi connectivity index (χ4n) is 5.46. The van der Waals surface area contributed by atoms with Gasteiger partial charge in [-0.2, -0.15) is 0 Å². The molecule has 0 saturated carbocycles. The Balaban J connectivity index is 1.50. The number of nitrogens with one attached hydrogen (secondary N) is 1. The molecule has 38 heavy (non-hydrogen) atoms. The van der Waals surface area contributed by atoms with Crippen molar-refractivity contribution in [3.05, 3.63) is 121 Å². The zero-order chi connectivity index (χ0) is 25.1.